The Bertz CT molecular complexity index is 265. The van der Waals surface area contributed by atoms with Crippen LogP contribution in [-0.2, 0) is 4.79 Å². The van der Waals surface area contributed by atoms with E-state index in [1.54, 1.807) is 0 Å². The van der Waals surface area contributed by atoms with Crippen molar-refractivity contribution >= 4 is 5.91 Å². The predicted octanol–water partition coefficient (Wildman–Crippen LogP) is 1.41. The van der Waals surface area contributed by atoms with Crippen molar-refractivity contribution in [1.29, 1.82) is 0 Å². The summed E-state index contributed by atoms with van der Waals surface area (Å²) >= 11 is 0. The van der Waals surface area contributed by atoms with Crippen LogP contribution in [0.1, 0.15) is 25.7 Å². The average molecular weight is 222 g/mol. The zero-order valence-electron chi connectivity index (χ0n) is 10.1. The van der Waals surface area contributed by atoms with Crippen LogP contribution >= 0.6 is 0 Å². The second-order valence-corrected chi connectivity index (χ2v) is 4.99. The summed E-state index contributed by atoms with van der Waals surface area (Å²) in [6.07, 6.45) is 8.60. The van der Waals surface area contributed by atoms with Gasteiger partial charge in [0.2, 0.25) is 5.91 Å². The van der Waals surface area contributed by atoms with Crippen LogP contribution in [0.15, 0.2) is 12.2 Å². The van der Waals surface area contributed by atoms with Crippen molar-refractivity contribution in [1.82, 2.24) is 10.2 Å². The lowest BCUT2D eigenvalue weighted by Crippen LogP contribution is -2.44. The molecule has 3 heteroatoms. The molecule has 0 aromatic heterocycles. The Kier molecular flexibility index (Phi) is 3.99. The molecule has 1 heterocycles. The molecule has 1 aliphatic carbocycles. The largest absolute Gasteiger partial charge is 0.342 e. The minimum absolute atomic E-state index is 0.244. The lowest BCUT2D eigenvalue weighted by molar-refractivity contribution is -0.137. The lowest BCUT2D eigenvalue weighted by atomic mass is 9.96. The molecule has 1 amide bonds. The third-order valence-electron chi connectivity index (χ3n) is 3.68. The maximum absolute atomic E-state index is 12.2. The van der Waals surface area contributed by atoms with Gasteiger partial charge in [-0.15, -0.1) is 0 Å². The first-order valence-corrected chi connectivity index (χ1v) is 6.39. The van der Waals surface area contributed by atoms with Gasteiger partial charge in [-0.05, 0) is 45.2 Å². The fourth-order valence-electron chi connectivity index (χ4n) is 2.80. The monoisotopic (exact) mass is 222 g/mol. The molecule has 0 radical (unpaired) electrons. The van der Waals surface area contributed by atoms with E-state index in [2.05, 4.69) is 22.4 Å². The van der Waals surface area contributed by atoms with Gasteiger partial charge in [-0.2, -0.15) is 0 Å². The third kappa shape index (κ3) is 2.64. The molecule has 1 aliphatic heterocycles. The van der Waals surface area contributed by atoms with Gasteiger partial charge in [0.15, 0.2) is 0 Å². The highest BCUT2D eigenvalue weighted by molar-refractivity contribution is 5.79. The van der Waals surface area contributed by atoms with E-state index in [0.717, 1.165) is 38.9 Å². The van der Waals surface area contributed by atoms with Crippen LogP contribution in [0.2, 0.25) is 0 Å². The number of carbonyl (C=O) groups excluding carboxylic acids is 1. The second-order valence-electron chi connectivity index (χ2n) is 4.99. The molecule has 3 nitrogen and oxygen atoms in total. The molecule has 16 heavy (non-hydrogen) atoms. The van der Waals surface area contributed by atoms with Crippen LogP contribution in [0.4, 0.5) is 0 Å². The summed E-state index contributed by atoms with van der Waals surface area (Å²) in [6, 6.07) is 0. The Balaban J connectivity index is 1.86. The number of likely N-dealkylation sites (tertiary alicyclic amines) is 1. The zero-order chi connectivity index (χ0) is 11.4. The van der Waals surface area contributed by atoms with E-state index in [1.807, 2.05) is 7.05 Å². The van der Waals surface area contributed by atoms with Crippen molar-refractivity contribution in [3.8, 4) is 0 Å². The number of rotatable bonds is 3. The first-order chi connectivity index (χ1) is 7.81. The number of piperidine rings is 1. The van der Waals surface area contributed by atoms with Crippen molar-refractivity contribution < 1.29 is 4.79 Å². The van der Waals surface area contributed by atoms with Gasteiger partial charge in [0.1, 0.15) is 0 Å². The maximum Gasteiger partial charge on any atom is 0.226 e. The molecule has 0 saturated carbocycles. The first kappa shape index (κ1) is 11.6. The maximum atomic E-state index is 12.2. The van der Waals surface area contributed by atoms with Crippen molar-refractivity contribution in [2.75, 3.05) is 26.7 Å². The quantitative estimate of drug-likeness (QED) is 0.732. The zero-order valence-corrected chi connectivity index (χ0v) is 10.1. The normalized spacial score (nSPS) is 26.3. The minimum Gasteiger partial charge on any atom is -0.342 e. The van der Waals surface area contributed by atoms with Crippen molar-refractivity contribution in [2.24, 2.45) is 11.8 Å². The van der Waals surface area contributed by atoms with E-state index < -0.39 is 0 Å². The number of nitrogens with one attached hydrogen (secondary N) is 1. The van der Waals surface area contributed by atoms with Gasteiger partial charge in [-0.3, -0.25) is 4.79 Å². The van der Waals surface area contributed by atoms with Crippen LogP contribution in [0.25, 0.3) is 0 Å². The minimum atomic E-state index is 0.244. The molecule has 1 saturated heterocycles. The molecular weight excluding hydrogens is 200 g/mol. The Morgan fingerprint density at radius 2 is 2.19 bits per heavy atom. The molecular formula is C13H22N2O. The number of hydrogen-bond donors (Lipinski definition) is 1. The van der Waals surface area contributed by atoms with Crippen LogP contribution in [0, 0.1) is 11.8 Å². The smallest absolute Gasteiger partial charge is 0.226 e. The third-order valence-corrected chi connectivity index (χ3v) is 3.68. The second kappa shape index (κ2) is 5.48. The summed E-state index contributed by atoms with van der Waals surface area (Å²) in [6.45, 7) is 2.96. The standard InChI is InChI=1S/C13H22N2O/c1-14-9-11-5-4-8-15(10-11)13(16)12-6-2-3-7-12/h2-3,11-12,14H,4-10H2,1H3. The number of hydrogen-bond acceptors (Lipinski definition) is 2. The van der Waals surface area contributed by atoms with Crippen LogP contribution in [0.3, 0.4) is 0 Å². The van der Waals surface area contributed by atoms with Gasteiger partial charge in [-0.25, -0.2) is 0 Å². The fraction of sp³-hybridized carbons (Fsp3) is 0.769. The predicted molar refractivity (Wildman–Crippen MR) is 65.1 cm³/mol. The van der Waals surface area contributed by atoms with Crippen LogP contribution in [-0.4, -0.2) is 37.5 Å². The van der Waals surface area contributed by atoms with Crippen LogP contribution in [0.5, 0.6) is 0 Å². The Morgan fingerprint density at radius 1 is 1.44 bits per heavy atom. The van der Waals surface area contributed by atoms with Gasteiger partial charge in [0.25, 0.3) is 0 Å². The molecule has 1 atom stereocenters. The van der Waals surface area contributed by atoms with Crippen molar-refractivity contribution in [2.45, 2.75) is 25.7 Å². The molecule has 2 rings (SSSR count). The lowest BCUT2D eigenvalue weighted by Gasteiger charge is -2.34. The van der Waals surface area contributed by atoms with Crippen molar-refractivity contribution in [3.63, 3.8) is 0 Å². The number of carbonyl (C=O) groups is 1. The van der Waals surface area contributed by atoms with Gasteiger partial charge in [0, 0.05) is 19.0 Å². The van der Waals surface area contributed by atoms with Gasteiger partial charge in [-0.1, -0.05) is 12.2 Å². The molecule has 0 aromatic rings. The van der Waals surface area contributed by atoms with E-state index in [0.29, 0.717) is 11.8 Å². The molecule has 0 bridgehead atoms. The Hall–Kier alpha value is -0.830. The Labute approximate surface area is 97.9 Å². The average Bonchev–Trinajstić information content (AvgIpc) is 2.82. The summed E-state index contributed by atoms with van der Waals surface area (Å²) in [4.78, 5) is 14.3. The topological polar surface area (TPSA) is 32.3 Å². The first-order valence-electron chi connectivity index (χ1n) is 6.39. The van der Waals surface area contributed by atoms with E-state index >= 15 is 0 Å². The molecule has 2 aliphatic rings. The fourth-order valence-corrected chi connectivity index (χ4v) is 2.80. The molecule has 90 valence electrons. The Morgan fingerprint density at radius 3 is 2.88 bits per heavy atom. The summed E-state index contributed by atoms with van der Waals surface area (Å²) in [5, 5.41) is 3.22. The van der Waals surface area contributed by atoms with E-state index in [1.165, 1.54) is 6.42 Å². The van der Waals surface area contributed by atoms with Gasteiger partial charge < -0.3 is 10.2 Å². The van der Waals surface area contributed by atoms with E-state index in [4.69, 9.17) is 0 Å². The van der Waals surface area contributed by atoms with Gasteiger partial charge in [0.05, 0.1) is 0 Å². The highest BCUT2D eigenvalue weighted by Gasteiger charge is 2.28. The number of nitrogens with zero attached hydrogens (tertiary/aromatic N) is 1. The molecule has 0 spiro atoms. The highest BCUT2D eigenvalue weighted by Crippen LogP contribution is 2.24. The molecule has 1 fully saturated rings. The number of amides is 1. The molecule has 1 unspecified atom stereocenters. The summed E-state index contributed by atoms with van der Waals surface area (Å²) in [5.41, 5.74) is 0. The summed E-state index contributed by atoms with van der Waals surface area (Å²) in [5.74, 6) is 1.27. The van der Waals surface area contributed by atoms with Crippen LogP contribution < -0.4 is 5.32 Å². The SMILES string of the molecule is CNCC1CCCN(C(=O)C2CC=CC2)C1. The molecule has 1 N–H and O–H groups in total. The number of allylic oxidation sites excluding steroid dienone is 2. The highest BCUT2D eigenvalue weighted by atomic mass is 16.2. The van der Waals surface area contributed by atoms with E-state index in [9.17, 15) is 4.79 Å². The van der Waals surface area contributed by atoms with Gasteiger partial charge >= 0.3 is 0 Å². The summed E-state index contributed by atoms with van der Waals surface area (Å²) < 4.78 is 0. The summed E-state index contributed by atoms with van der Waals surface area (Å²) in [7, 11) is 1.99. The molecule has 0 aromatic carbocycles. The van der Waals surface area contributed by atoms with E-state index in [-0.39, 0.29) is 5.92 Å². The van der Waals surface area contributed by atoms with Crippen molar-refractivity contribution in [3.05, 3.63) is 12.2 Å².